The van der Waals surface area contributed by atoms with Crippen LogP contribution in [0.5, 0.6) is 0 Å². The van der Waals surface area contributed by atoms with Crippen LogP contribution in [0.4, 0.5) is 5.82 Å². The molecule has 0 bridgehead atoms. The predicted octanol–water partition coefficient (Wildman–Crippen LogP) is 2.85. The van der Waals surface area contributed by atoms with Gasteiger partial charge in [0.25, 0.3) is 0 Å². The summed E-state index contributed by atoms with van der Waals surface area (Å²) in [6, 6.07) is 4.01. The molecule has 0 spiro atoms. The second-order valence-corrected chi connectivity index (χ2v) is 5.33. The first-order chi connectivity index (χ1) is 8.60. The maximum atomic E-state index is 9.36. The SMILES string of the molecule is CC1=CCCN(c2cc(CO)cc(C(C)C)n2)C1. The van der Waals surface area contributed by atoms with Crippen LogP contribution >= 0.6 is 0 Å². The lowest BCUT2D eigenvalue weighted by Gasteiger charge is -2.28. The van der Waals surface area contributed by atoms with E-state index in [4.69, 9.17) is 4.98 Å². The van der Waals surface area contributed by atoms with Crippen molar-refractivity contribution in [2.75, 3.05) is 18.0 Å². The minimum Gasteiger partial charge on any atom is -0.392 e. The summed E-state index contributed by atoms with van der Waals surface area (Å²) in [5.74, 6) is 1.38. The molecule has 1 aliphatic rings. The third-order valence-corrected chi connectivity index (χ3v) is 3.32. The van der Waals surface area contributed by atoms with Gasteiger partial charge in [0.05, 0.1) is 6.61 Å². The highest BCUT2D eigenvalue weighted by Crippen LogP contribution is 2.23. The molecule has 3 nitrogen and oxygen atoms in total. The molecule has 1 aromatic heterocycles. The number of nitrogens with zero attached hydrogens (tertiary/aromatic N) is 2. The molecule has 0 amide bonds. The molecule has 1 aromatic rings. The van der Waals surface area contributed by atoms with Gasteiger partial charge < -0.3 is 10.0 Å². The Balaban J connectivity index is 2.32. The zero-order valence-electron chi connectivity index (χ0n) is 11.5. The Morgan fingerprint density at radius 2 is 2.17 bits per heavy atom. The largest absolute Gasteiger partial charge is 0.392 e. The van der Waals surface area contributed by atoms with Gasteiger partial charge in [-0.3, -0.25) is 0 Å². The predicted molar refractivity (Wildman–Crippen MR) is 74.8 cm³/mol. The smallest absolute Gasteiger partial charge is 0.129 e. The third-order valence-electron chi connectivity index (χ3n) is 3.32. The molecule has 0 radical (unpaired) electrons. The van der Waals surface area contributed by atoms with Crippen molar-refractivity contribution in [3.05, 3.63) is 35.0 Å². The first-order valence-corrected chi connectivity index (χ1v) is 6.62. The molecule has 0 fully saturated rings. The Labute approximate surface area is 109 Å². The minimum absolute atomic E-state index is 0.0813. The van der Waals surface area contributed by atoms with Crippen molar-refractivity contribution in [1.29, 1.82) is 0 Å². The van der Waals surface area contributed by atoms with Crippen molar-refractivity contribution in [2.45, 2.75) is 39.7 Å². The second kappa shape index (κ2) is 5.53. The summed E-state index contributed by atoms with van der Waals surface area (Å²) < 4.78 is 0. The number of pyridine rings is 1. The number of hydrogen-bond donors (Lipinski definition) is 1. The van der Waals surface area contributed by atoms with E-state index in [9.17, 15) is 5.11 Å². The molecule has 0 saturated heterocycles. The van der Waals surface area contributed by atoms with Gasteiger partial charge >= 0.3 is 0 Å². The van der Waals surface area contributed by atoms with Crippen LogP contribution in [0.1, 0.15) is 44.4 Å². The molecule has 3 heteroatoms. The number of aliphatic hydroxyl groups is 1. The molecular weight excluding hydrogens is 224 g/mol. The van der Waals surface area contributed by atoms with E-state index in [0.717, 1.165) is 36.6 Å². The van der Waals surface area contributed by atoms with Crippen LogP contribution in [0.15, 0.2) is 23.8 Å². The fourth-order valence-electron chi connectivity index (χ4n) is 2.25. The van der Waals surface area contributed by atoms with Crippen molar-refractivity contribution >= 4 is 5.82 Å². The van der Waals surface area contributed by atoms with Gasteiger partial charge in [0.2, 0.25) is 0 Å². The van der Waals surface area contributed by atoms with Gasteiger partial charge in [0, 0.05) is 18.8 Å². The number of aliphatic hydroxyl groups excluding tert-OH is 1. The molecule has 0 unspecified atom stereocenters. The van der Waals surface area contributed by atoms with Gasteiger partial charge in [-0.15, -0.1) is 0 Å². The maximum absolute atomic E-state index is 9.36. The van der Waals surface area contributed by atoms with E-state index in [1.807, 2.05) is 12.1 Å². The molecule has 2 rings (SSSR count). The summed E-state index contributed by atoms with van der Waals surface area (Å²) in [5, 5.41) is 9.36. The number of rotatable bonds is 3. The fourth-order valence-corrected chi connectivity index (χ4v) is 2.25. The molecular formula is C15H22N2O. The summed E-state index contributed by atoms with van der Waals surface area (Å²) in [7, 11) is 0. The monoisotopic (exact) mass is 246 g/mol. The van der Waals surface area contributed by atoms with Crippen molar-refractivity contribution in [2.24, 2.45) is 0 Å². The molecule has 98 valence electrons. The topological polar surface area (TPSA) is 36.4 Å². The first-order valence-electron chi connectivity index (χ1n) is 6.62. The molecule has 1 N–H and O–H groups in total. The summed E-state index contributed by atoms with van der Waals surface area (Å²) in [6.07, 6.45) is 3.36. The molecule has 0 aromatic carbocycles. The summed E-state index contributed by atoms with van der Waals surface area (Å²) in [6.45, 7) is 8.46. The van der Waals surface area contributed by atoms with Crippen LogP contribution < -0.4 is 4.90 Å². The van der Waals surface area contributed by atoms with E-state index in [1.54, 1.807) is 0 Å². The summed E-state index contributed by atoms with van der Waals surface area (Å²) in [5.41, 5.74) is 3.41. The van der Waals surface area contributed by atoms with Crippen LogP contribution in [-0.2, 0) is 6.61 Å². The number of anilines is 1. The van der Waals surface area contributed by atoms with Crippen molar-refractivity contribution < 1.29 is 5.11 Å². The lowest BCUT2D eigenvalue weighted by Crippen LogP contribution is -2.30. The van der Waals surface area contributed by atoms with Gasteiger partial charge in [-0.1, -0.05) is 25.5 Å². The Kier molecular flexibility index (Phi) is 4.02. The number of hydrogen-bond acceptors (Lipinski definition) is 3. The van der Waals surface area contributed by atoms with Gasteiger partial charge in [-0.05, 0) is 37.0 Å². The summed E-state index contributed by atoms with van der Waals surface area (Å²) in [4.78, 5) is 7.02. The van der Waals surface area contributed by atoms with Crippen LogP contribution in [0, 0.1) is 0 Å². The average Bonchev–Trinajstić information content (AvgIpc) is 2.38. The van der Waals surface area contributed by atoms with Crippen molar-refractivity contribution in [1.82, 2.24) is 4.98 Å². The lowest BCUT2D eigenvalue weighted by molar-refractivity contribution is 0.281. The van der Waals surface area contributed by atoms with Gasteiger partial charge in [-0.2, -0.15) is 0 Å². The minimum atomic E-state index is 0.0813. The first kappa shape index (κ1) is 13.1. The highest BCUT2D eigenvalue weighted by atomic mass is 16.3. The normalized spacial score (nSPS) is 16.1. The third kappa shape index (κ3) is 2.91. The molecule has 0 atom stereocenters. The molecule has 1 aliphatic heterocycles. The van der Waals surface area contributed by atoms with Gasteiger partial charge in [0.1, 0.15) is 5.82 Å². The quantitative estimate of drug-likeness (QED) is 0.833. The van der Waals surface area contributed by atoms with Crippen LogP contribution in [0.3, 0.4) is 0 Å². The average molecular weight is 246 g/mol. The Morgan fingerprint density at radius 1 is 1.39 bits per heavy atom. The van der Waals surface area contributed by atoms with E-state index in [2.05, 4.69) is 31.7 Å². The van der Waals surface area contributed by atoms with Crippen molar-refractivity contribution in [3.63, 3.8) is 0 Å². The second-order valence-electron chi connectivity index (χ2n) is 5.33. The standard InChI is InChI=1S/C15H22N2O/c1-11(2)14-7-13(10-18)8-15(16-14)17-6-4-5-12(3)9-17/h5,7-8,11,18H,4,6,9-10H2,1-3H3. The maximum Gasteiger partial charge on any atom is 0.129 e. The van der Waals surface area contributed by atoms with Crippen LogP contribution in [-0.4, -0.2) is 23.2 Å². The van der Waals surface area contributed by atoms with Crippen LogP contribution in [0.25, 0.3) is 0 Å². The fraction of sp³-hybridized carbons (Fsp3) is 0.533. The zero-order chi connectivity index (χ0) is 13.1. The zero-order valence-corrected chi connectivity index (χ0v) is 11.5. The van der Waals surface area contributed by atoms with E-state index in [0.29, 0.717) is 5.92 Å². The summed E-state index contributed by atoms with van der Waals surface area (Å²) >= 11 is 0. The highest BCUT2D eigenvalue weighted by Gasteiger charge is 2.14. The highest BCUT2D eigenvalue weighted by molar-refractivity contribution is 5.45. The Hall–Kier alpha value is -1.35. The molecule has 0 saturated carbocycles. The van der Waals surface area contributed by atoms with Gasteiger partial charge in [-0.25, -0.2) is 4.98 Å². The van der Waals surface area contributed by atoms with Crippen LogP contribution in [0.2, 0.25) is 0 Å². The Bertz CT molecular complexity index is 452. The molecule has 18 heavy (non-hydrogen) atoms. The molecule has 2 heterocycles. The lowest BCUT2D eigenvalue weighted by atomic mass is 10.1. The van der Waals surface area contributed by atoms with E-state index < -0.39 is 0 Å². The van der Waals surface area contributed by atoms with E-state index in [1.165, 1.54) is 5.57 Å². The number of aromatic nitrogens is 1. The van der Waals surface area contributed by atoms with Gasteiger partial charge in [0.15, 0.2) is 0 Å². The van der Waals surface area contributed by atoms with E-state index >= 15 is 0 Å². The van der Waals surface area contributed by atoms with Crippen molar-refractivity contribution in [3.8, 4) is 0 Å². The Morgan fingerprint density at radius 3 is 2.78 bits per heavy atom. The van der Waals surface area contributed by atoms with E-state index in [-0.39, 0.29) is 6.61 Å². The molecule has 0 aliphatic carbocycles.